The summed E-state index contributed by atoms with van der Waals surface area (Å²) in [6, 6.07) is 0. The predicted molar refractivity (Wildman–Crippen MR) is 508 cm³/mol. The maximum atomic E-state index is 13.6. The van der Waals surface area contributed by atoms with Gasteiger partial charge in [0.15, 0.2) is 0 Å². The Labute approximate surface area is 780 Å². The molecule has 0 aromatic carbocycles. The predicted octanol–water partition coefficient (Wildman–Crippen LogP) is 6.87. The summed E-state index contributed by atoms with van der Waals surface area (Å²) in [6.07, 6.45) is 33.0. The molecule has 25 N–H and O–H groups in total. The van der Waals surface area contributed by atoms with E-state index in [1.807, 2.05) is 0 Å². The lowest BCUT2D eigenvalue weighted by Gasteiger charge is -2.18. The Kier molecular flexibility index (Phi) is 82.8. The Bertz CT molecular complexity index is 3270. The lowest BCUT2D eigenvalue weighted by molar-refractivity contribution is -0.130. The van der Waals surface area contributed by atoms with Crippen molar-refractivity contribution in [3.8, 4) is 0 Å². The van der Waals surface area contributed by atoms with Gasteiger partial charge in [-0.2, -0.15) is 0 Å². The summed E-state index contributed by atoms with van der Waals surface area (Å²) in [5.74, 6) is -5.03. The van der Waals surface area contributed by atoms with Crippen molar-refractivity contribution in [2.24, 2.45) is 81.2 Å². The fourth-order valence-corrected chi connectivity index (χ4v) is 15.1. The van der Waals surface area contributed by atoms with Gasteiger partial charge in [-0.3, -0.25) is 91.1 Å². The van der Waals surface area contributed by atoms with E-state index >= 15 is 0 Å². The zero-order valence-corrected chi connectivity index (χ0v) is 79.8. The van der Waals surface area contributed by atoms with Crippen molar-refractivity contribution >= 4 is 111 Å². The molecule has 0 aromatic heterocycles. The van der Waals surface area contributed by atoms with Crippen LogP contribution in [0.15, 0.2) is 0 Å². The smallest absolute Gasteiger partial charge is 0.233 e. The Morgan fingerprint density at radius 1 is 0.160 bits per heavy atom. The van der Waals surface area contributed by atoms with Crippen LogP contribution in [-0.2, 0) is 91.1 Å². The van der Waals surface area contributed by atoms with E-state index in [1.165, 1.54) is 0 Å². The molecule has 35 nitrogen and oxygen atoms in total. The number of carbonyl (C=O) groups is 19. The van der Waals surface area contributed by atoms with Crippen LogP contribution in [0, 0.1) is 29.6 Å². The van der Waals surface area contributed by atoms with E-state index < -0.39 is 41.4 Å². The molecular formula is C96H174N16O19. The zero-order valence-electron chi connectivity index (χ0n) is 79.8. The molecule has 35 heteroatoms. The van der Waals surface area contributed by atoms with Gasteiger partial charge in [-0.25, -0.2) is 0 Å². The maximum Gasteiger partial charge on any atom is 0.233 e. The van der Waals surface area contributed by atoms with E-state index in [-0.39, 0.29) is 177 Å². The van der Waals surface area contributed by atoms with Gasteiger partial charge < -0.3 is 88.8 Å². The van der Waals surface area contributed by atoms with Crippen molar-refractivity contribution in [3.05, 3.63) is 0 Å². The summed E-state index contributed by atoms with van der Waals surface area (Å²) in [5, 5.41) is 20.2. The molecule has 0 heterocycles. The fourth-order valence-electron chi connectivity index (χ4n) is 15.1. The van der Waals surface area contributed by atoms with Crippen molar-refractivity contribution in [1.82, 2.24) is 37.2 Å². The minimum atomic E-state index is -0.605. The second-order valence-electron chi connectivity index (χ2n) is 35.1. The largest absolute Gasteiger partial charge is 0.369 e. The van der Waals surface area contributed by atoms with Crippen LogP contribution in [0.3, 0.4) is 0 Å². The average molecular weight is 1860 g/mol. The van der Waals surface area contributed by atoms with Crippen LogP contribution < -0.4 is 88.8 Å². The summed E-state index contributed by atoms with van der Waals surface area (Å²) in [4.78, 5) is 233. The first-order valence-corrected chi connectivity index (χ1v) is 49.5. The summed E-state index contributed by atoms with van der Waals surface area (Å²) in [6.45, 7) is 3.06. The van der Waals surface area contributed by atoms with Gasteiger partial charge in [-0.05, 0) is 154 Å². The molecule has 0 aromatic rings. The molecule has 0 radical (unpaired) electrons. The zero-order chi connectivity index (χ0) is 97.7. The quantitative estimate of drug-likeness (QED) is 0.0276. The summed E-state index contributed by atoms with van der Waals surface area (Å²) < 4.78 is 0. The first-order valence-electron chi connectivity index (χ1n) is 49.5. The SMILES string of the molecule is NCC(=O)CCCCCCC(=O)CC(CCCCNC(=O)C(CCCCNC(=O)C(CCCCNC(=O)CCCCCNC(=O)CN)CC(=O)CCCCCCC(=O)CN)CC(=O)CCCCCCC(=O)CN)C(N)=O.NCC(=O)CCCCCCC(=O)CC(CCCCNC(=O)C(CCCCNC(=O)CCCCCNC(=O)CN)CC(=O)CCCCCCC(=O)CN)C(N)=O. The number of nitrogens with two attached hydrogens (primary N) is 9. The number of carbonyl (C=O) groups excluding carboxylic acids is 19. The third-order valence-electron chi connectivity index (χ3n) is 23.3. The first-order chi connectivity index (χ1) is 63.0. The van der Waals surface area contributed by atoms with Gasteiger partial charge in [0.2, 0.25) is 53.2 Å². The van der Waals surface area contributed by atoms with E-state index in [0.717, 1.165) is 116 Å². The molecule has 5 unspecified atom stereocenters. The maximum absolute atomic E-state index is 13.6. The van der Waals surface area contributed by atoms with Crippen LogP contribution in [0.1, 0.15) is 372 Å². The van der Waals surface area contributed by atoms with Gasteiger partial charge in [-0.1, -0.05) is 109 Å². The third kappa shape index (κ3) is 78.8. The van der Waals surface area contributed by atoms with Gasteiger partial charge in [0.1, 0.15) is 57.8 Å². The molecular weight excluding hydrogens is 1680 g/mol. The lowest BCUT2D eigenvalue weighted by Crippen LogP contribution is -2.34. The number of hydrogen-bond acceptors (Lipinski definition) is 26. The van der Waals surface area contributed by atoms with E-state index in [0.29, 0.717) is 271 Å². The second-order valence-corrected chi connectivity index (χ2v) is 35.1. The van der Waals surface area contributed by atoms with Crippen LogP contribution >= 0.6 is 0 Å². The number of ketones is 10. The van der Waals surface area contributed by atoms with E-state index in [9.17, 15) is 91.1 Å². The average Bonchev–Trinajstić information content (AvgIpc) is 0.925. The molecule has 752 valence electrons. The van der Waals surface area contributed by atoms with Crippen molar-refractivity contribution in [2.75, 3.05) is 91.6 Å². The number of nitrogens with one attached hydrogen (secondary N) is 7. The third-order valence-corrected chi connectivity index (χ3v) is 23.3. The number of rotatable bonds is 94. The number of amides is 9. The molecule has 0 saturated heterocycles. The second kappa shape index (κ2) is 87.0. The molecule has 9 amide bonds. The van der Waals surface area contributed by atoms with E-state index in [1.54, 1.807) is 0 Å². The highest BCUT2D eigenvalue weighted by Crippen LogP contribution is 2.24. The van der Waals surface area contributed by atoms with Crippen LogP contribution in [0.25, 0.3) is 0 Å². The van der Waals surface area contributed by atoms with Crippen LogP contribution in [0.2, 0.25) is 0 Å². The Morgan fingerprint density at radius 2 is 0.321 bits per heavy atom. The Hall–Kier alpha value is -8.35. The summed E-state index contributed by atoms with van der Waals surface area (Å²) in [7, 11) is 0. The Balaban J connectivity index is 0. The molecule has 131 heavy (non-hydrogen) atoms. The van der Waals surface area contributed by atoms with Gasteiger partial charge in [0.05, 0.1) is 45.8 Å². The Morgan fingerprint density at radius 3 is 0.519 bits per heavy atom. The van der Waals surface area contributed by atoms with Gasteiger partial charge >= 0.3 is 0 Å². The topological polar surface area (TPSA) is 643 Å². The molecule has 0 aliphatic heterocycles. The van der Waals surface area contributed by atoms with Crippen LogP contribution in [-0.4, -0.2) is 203 Å². The highest BCUT2D eigenvalue weighted by atomic mass is 16.2. The molecule has 0 rings (SSSR count). The number of unbranched alkanes of at least 4 members (excludes halogenated alkanes) is 24. The first kappa shape index (κ1) is 125. The highest BCUT2D eigenvalue weighted by Gasteiger charge is 2.27. The van der Waals surface area contributed by atoms with Crippen molar-refractivity contribution in [2.45, 2.75) is 372 Å². The standard InChI is InChI=1S/C56H101N9O11.C40H73N7O8/c57-39-49(69)28-11-4-1-8-25-46(66)36-43(54(61)74)22-15-20-34-64-56(76)45(38-48(68)27-10-3-6-13-30-51(71)41-59)24-17-21-35-65-55(75)44(37-47(67)26-9-2-5-12-29-50(70)40-58)23-16-19-33-62-52(72)31-14-7-18-32-63-53(73)42-60;41-28-35(50)20-8-3-1-6-18-33(48)26-31(39(44)54)16-11-15-25-47-40(55)32(27-34(49)19-7-2-4-9-21-36(51)29-42)17-12-14-24-45-37(52)22-10-5-13-23-46-38(53)30-43/h43-45H,1-42,57-60H2,(H2,61,74)(H,62,72)(H,63,73)(H,64,76)(H,65,75);31-32H,1-30,41-43H2,(H2,44,54)(H,45,52)(H,46,53)(H,47,55). The number of primary amides is 2. The lowest BCUT2D eigenvalue weighted by atomic mass is 9.92. The van der Waals surface area contributed by atoms with Crippen LogP contribution in [0.4, 0.5) is 0 Å². The molecule has 0 fully saturated rings. The number of Topliss-reactive ketones (excluding diaryl/α,β-unsaturated/α-hetero) is 10. The number of hydrogen-bond donors (Lipinski definition) is 16. The molecule has 0 spiro atoms. The minimum Gasteiger partial charge on any atom is -0.369 e. The van der Waals surface area contributed by atoms with Crippen molar-refractivity contribution in [1.29, 1.82) is 0 Å². The van der Waals surface area contributed by atoms with Crippen molar-refractivity contribution < 1.29 is 91.1 Å². The molecule has 5 atom stereocenters. The molecule has 0 aliphatic rings. The van der Waals surface area contributed by atoms with E-state index in [4.69, 9.17) is 51.6 Å². The minimum absolute atomic E-state index is 0.00592. The van der Waals surface area contributed by atoms with Gasteiger partial charge in [0.25, 0.3) is 0 Å². The summed E-state index contributed by atoms with van der Waals surface area (Å²) >= 11 is 0. The van der Waals surface area contributed by atoms with Gasteiger partial charge in [-0.15, -0.1) is 0 Å². The van der Waals surface area contributed by atoms with Gasteiger partial charge in [0, 0.05) is 185 Å². The van der Waals surface area contributed by atoms with Crippen LogP contribution in [0.5, 0.6) is 0 Å². The monoisotopic (exact) mass is 1860 g/mol. The normalized spacial score (nSPS) is 12.2. The summed E-state index contributed by atoms with van der Waals surface area (Å²) in [5.41, 5.74) is 48.6. The highest BCUT2D eigenvalue weighted by molar-refractivity contribution is 5.90. The molecule has 0 bridgehead atoms. The van der Waals surface area contributed by atoms with E-state index in [2.05, 4.69) is 37.2 Å². The fraction of sp³-hybridized carbons (Fsp3) is 0.802. The molecule has 0 aliphatic carbocycles. The van der Waals surface area contributed by atoms with Crippen molar-refractivity contribution in [3.63, 3.8) is 0 Å². The molecule has 0 saturated carbocycles.